The molecule has 1 nitrogen and oxygen atoms in total. The van der Waals surface area contributed by atoms with Gasteiger partial charge in [-0.2, -0.15) is 0 Å². The van der Waals surface area contributed by atoms with Crippen LogP contribution in [0.3, 0.4) is 0 Å². The molecule has 2 aromatic rings. The number of pyridine rings is 1. The Hall–Kier alpha value is -1.63. The van der Waals surface area contributed by atoms with E-state index >= 15 is 0 Å². The van der Waals surface area contributed by atoms with Gasteiger partial charge in [0.05, 0.1) is 0 Å². The lowest BCUT2D eigenvalue weighted by Crippen LogP contribution is -2.01. The van der Waals surface area contributed by atoms with Gasteiger partial charge in [0.1, 0.15) is 0 Å². The van der Waals surface area contributed by atoms with Crippen LogP contribution >= 0.6 is 0 Å². The van der Waals surface area contributed by atoms with Crippen molar-refractivity contribution in [1.82, 2.24) is 4.98 Å². The minimum absolute atomic E-state index is 0.418. The highest BCUT2D eigenvalue weighted by Gasteiger charge is 2.12. The van der Waals surface area contributed by atoms with Crippen LogP contribution in [-0.4, -0.2) is 4.98 Å². The van der Waals surface area contributed by atoms with Gasteiger partial charge in [-0.25, -0.2) is 0 Å². The Balaban J connectivity index is 2.33. The van der Waals surface area contributed by atoms with Gasteiger partial charge in [-0.05, 0) is 31.0 Å². The number of hydrogen-bond donors (Lipinski definition) is 0. The largest absolute Gasteiger partial charge is 0.261 e. The lowest BCUT2D eigenvalue weighted by molar-refractivity contribution is 0.749. The summed E-state index contributed by atoms with van der Waals surface area (Å²) in [5.74, 6) is 0.418. The van der Waals surface area contributed by atoms with Crippen molar-refractivity contribution in [2.24, 2.45) is 0 Å². The molecule has 0 amide bonds. The lowest BCUT2D eigenvalue weighted by atomic mass is 9.92. The average molecular weight is 211 g/mol. The van der Waals surface area contributed by atoms with Crippen LogP contribution in [0.1, 0.15) is 36.1 Å². The summed E-state index contributed by atoms with van der Waals surface area (Å²) in [7, 11) is 0. The zero-order valence-corrected chi connectivity index (χ0v) is 9.85. The molecule has 2 rings (SSSR count). The molecule has 0 saturated heterocycles. The van der Waals surface area contributed by atoms with Crippen LogP contribution in [-0.2, 0) is 0 Å². The van der Waals surface area contributed by atoms with E-state index in [9.17, 15) is 0 Å². The number of rotatable bonds is 3. The molecule has 1 heteroatoms. The molecule has 0 N–H and O–H groups in total. The molecule has 1 heterocycles. The molecular weight excluding hydrogens is 194 g/mol. The minimum Gasteiger partial charge on any atom is -0.261 e. The van der Waals surface area contributed by atoms with Crippen molar-refractivity contribution in [2.45, 2.75) is 26.2 Å². The minimum atomic E-state index is 0.418. The molecule has 1 aromatic carbocycles. The van der Waals surface area contributed by atoms with E-state index < -0.39 is 0 Å². The zero-order chi connectivity index (χ0) is 11.4. The van der Waals surface area contributed by atoms with Gasteiger partial charge < -0.3 is 0 Å². The first-order chi connectivity index (χ1) is 7.81. The SMILES string of the molecule is CC[C@@H](c1ccc(C)cc1)c1ccccn1. The van der Waals surface area contributed by atoms with Crippen LogP contribution in [0, 0.1) is 6.92 Å². The van der Waals surface area contributed by atoms with E-state index in [2.05, 4.69) is 55.2 Å². The fourth-order valence-electron chi connectivity index (χ4n) is 2.00. The van der Waals surface area contributed by atoms with Gasteiger partial charge in [-0.15, -0.1) is 0 Å². The zero-order valence-electron chi connectivity index (χ0n) is 9.85. The smallest absolute Gasteiger partial charge is 0.0478 e. The Kier molecular flexibility index (Phi) is 3.35. The summed E-state index contributed by atoms with van der Waals surface area (Å²) in [5, 5.41) is 0. The number of nitrogens with zero attached hydrogens (tertiary/aromatic N) is 1. The molecule has 0 aliphatic heterocycles. The Labute approximate surface area is 97.2 Å². The summed E-state index contributed by atoms with van der Waals surface area (Å²) < 4.78 is 0. The quantitative estimate of drug-likeness (QED) is 0.749. The third-order valence-electron chi connectivity index (χ3n) is 2.93. The Bertz CT molecular complexity index is 431. The van der Waals surface area contributed by atoms with E-state index in [4.69, 9.17) is 0 Å². The molecule has 0 bridgehead atoms. The van der Waals surface area contributed by atoms with Crippen molar-refractivity contribution in [3.8, 4) is 0 Å². The molecular formula is C15H17N. The fourth-order valence-corrected chi connectivity index (χ4v) is 2.00. The highest BCUT2D eigenvalue weighted by atomic mass is 14.7. The van der Waals surface area contributed by atoms with Crippen molar-refractivity contribution < 1.29 is 0 Å². The van der Waals surface area contributed by atoms with Crippen LogP contribution in [0.2, 0.25) is 0 Å². The molecule has 16 heavy (non-hydrogen) atoms. The highest BCUT2D eigenvalue weighted by molar-refractivity contribution is 5.30. The van der Waals surface area contributed by atoms with Crippen molar-refractivity contribution in [2.75, 3.05) is 0 Å². The maximum Gasteiger partial charge on any atom is 0.0478 e. The van der Waals surface area contributed by atoms with Crippen LogP contribution in [0.15, 0.2) is 48.7 Å². The summed E-state index contributed by atoms with van der Waals surface area (Å²) in [5.41, 5.74) is 3.82. The summed E-state index contributed by atoms with van der Waals surface area (Å²) in [6, 6.07) is 14.9. The summed E-state index contributed by atoms with van der Waals surface area (Å²) >= 11 is 0. The highest BCUT2D eigenvalue weighted by Crippen LogP contribution is 2.26. The predicted octanol–water partition coefficient (Wildman–Crippen LogP) is 3.93. The molecule has 0 unspecified atom stereocenters. The Morgan fingerprint density at radius 3 is 2.38 bits per heavy atom. The second-order valence-electron chi connectivity index (χ2n) is 4.13. The summed E-state index contributed by atoms with van der Waals surface area (Å²) in [6.07, 6.45) is 2.95. The van der Waals surface area contributed by atoms with E-state index in [-0.39, 0.29) is 0 Å². The van der Waals surface area contributed by atoms with E-state index in [0.29, 0.717) is 5.92 Å². The number of aryl methyl sites for hydroxylation is 1. The first kappa shape index (κ1) is 10.9. The molecule has 0 radical (unpaired) electrons. The van der Waals surface area contributed by atoms with Gasteiger partial charge in [-0.1, -0.05) is 42.8 Å². The van der Waals surface area contributed by atoms with E-state index in [1.807, 2.05) is 12.3 Å². The Morgan fingerprint density at radius 2 is 1.81 bits per heavy atom. The van der Waals surface area contributed by atoms with Gasteiger partial charge in [0.2, 0.25) is 0 Å². The van der Waals surface area contributed by atoms with Crippen molar-refractivity contribution in [3.05, 3.63) is 65.5 Å². The molecule has 1 aromatic heterocycles. The van der Waals surface area contributed by atoms with E-state index in [0.717, 1.165) is 12.1 Å². The van der Waals surface area contributed by atoms with Crippen molar-refractivity contribution in [1.29, 1.82) is 0 Å². The van der Waals surface area contributed by atoms with Gasteiger partial charge in [-0.3, -0.25) is 4.98 Å². The van der Waals surface area contributed by atoms with Gasteiger partial charge >= 0.3 is 0 Å². The monoisotopic (exact) mass is 211 g/mol. The first-order valence-corrected chi connectivity index (χ1v) is 5.78. The number of benzene rings is 1. The standard InChI is InChI=1S/C15H17N/c1-3-14(15-6-4-5-11-16-15)13-9-7-12(2)8-10-13/h4-11,14H,3H2,1-2H3/t14-/m0/s1. The number of hydrogen-bond acceptors (Lipinski definition) is 1. The topological polar surface area (TPSA) is 12.9 Å². The van der Waals surface area contributed by atoms with Crippen LogP contribution in [0.5, 0.6) is 0 Å². The molecule has 0 fully saturated rings. The molecule has 1 atom stereocenters. The third kappa shape index (κ3) is 2.30. The molecule has 0 aliphatic rings. The summed E-state index contributed by atoms with van der Waals surface area (Å²) in [4.78, 5) is 4.45. The molecule has 0 aliphatic carbocycles. The lowest BCUT2D eigenvalue weighted by Gasteiger charge is -2.14. The van der Waals surface area contributed by atoms with Gasteiger partial charge in [0, 0.05) is 17.8 Å². The van der Waals surface area contributed by atoms with Crippen molar-refractivity contribution in [3.63, 3.8) is 0 Å². The number of aromatic nitrogens is 1. The molecule has 82 valence electrons. The third-order valence-corrected chi connectivity index (χ3v) is 2.93. The van der Waals surface area contributed by atoms with E-state index in [1.54, 1.807) is 0 Å². The Morgan fingerprint density at radius 1 is 1.06 bits per heavy atom. The van der Waals surface area contributed by atoms with Crippen LogP contribution < -0.4 is 0 Å². The molecule has 0 saturated carbocycles. The fraction of sp³-hybridized carbons (Fsp3) is 0.267. The van der Waals surface area contributed by atoms with Gasteiger partial charge in [0.25, 0.3) is 0 Å². The first-order valence-electron chi connectivity index (χ1n) is 5.78. The van der Waals surface area contributed by atoms with Crippen LogP contribution in [0.25, 0.3) is 0 Å². The van der Waals surface area contributed by atoms with Crippen LogP contribution in [0.4, 0.5) is 0 Å². The summed E-state index contributed by atoms with van der Waals surface area (Å²) in [6.45, 7) is 4.32. The molecule has 0 spiro atoms. The average Bonchev–Trinajstić information content (AvgIpc) is 2.34. The second-order valence-corrected chi connectivity index (χ2v) is 4.13. The maximum atomic E-state index is 4.45. The van der Waals surface area contributed by atoms with E-state index in [1.165, 1.54) is 11.1 Å². The van der Waals surface area contributed by atoms with Crippen molar-refractivity contribution >= 4 is 0 Å². The predicted molar refractivity (Wildman–Crippen MR) is 67.6 cm³/mol. The maximum absolute atomic E-state index is 4.45. The normalized spacial score (nSPS) is 12.4. The van der Waals surface area contributed by atoms with Gasteiger partial charge in [0.15, 0.2) is 0 Å². The second kappa shape index (κ2) is 4.93.